The molecule has 0 aliphatic carbocycles. The lowest BCUT2D eigenvalue weighted by Crippen LogP contribution is -2.03. The molecule has 0 saturated carbocycles. The molecule has 0 unspecified atom stereocenters. The third-order valence-corrected chi connectivity index (χ3v) is 2.85. The minimum absolute atomic E-state index is 0.0844. The van der Waals surface area contributed by atoms with E-state index in [1.807, 2.05) is 11.5 Å². The molecule has 1 N–H and O–H groups in total. The SMILES string of the molecule is C=C(C)Cn1cncc1-c1cc(C(=O)OC)ccc1O. The molecular weight excluding hydrogens is 256 g/mol. The fraction of sp³-hybridized carbons (Fsp3) is 0.200. The number of esters is 1. The summed E-state index contributed by atoms with van der Waals surface area (Å²) >= 11 is 0. The summed E-state index contributed by atoms with van der Waals surface area (Å²) in [6.45, 7) is 6.37. The Kier molecular flexibility index (Phi) is 3.89. The Labute approximate surface area is 117 Å². The number of hydrogen-bond acceptors (Lipinski definition) is 4. The van der Waals surface area contributed by atoms with E-state index in [0.717, 1.165) is 11.3 Å². The van der Waals surface area contributed by atoms with E-state index in [-0.39, 0.29) is 5.75 Å². The van der Waals surface area contributed by atoms with Crippen molar-refractivity contribution in [3.05, 3.63) is 48.4 Å². The number of nitrogens with zero attached hydrogens (tertiary/aromatic N) is 2. The first kappa shape index (κ1) is 13.9. The highest BCUT2D eigenvalue weighted by atomic mass is 16.5. The first-order valence-electron chi connectivity index (χ1n) is 6.09. The first-order chi connectivity index (χ1) is 9.52. The van der Waals surface area contributed by atoms with Crippen LogP contribution in [0.1, 0.15) is 17.3 Å². The molecule has 0 aliphatic rings. The van der Waals surface area contributed by atoms with Crippen LogP contribution in [0.4, 0.5) is 0 Å². The maximum Gasteiger partial charge on any atom is 0.337 e. The van der Waals surface area contributed by atoms with Gasteiger partial charge in [-0.1, -0.05) is 12.2 Å². The van der Waals surface area contributed by atoms with Crippen molar-refractivity contribution in [2.45, 2.75) is 13.5 Å². The fourth-order valence-corrected chi connectivity index (χ4v) is 1.95. The second-order valence-electron chi connectivity index (χ2n) is 4.59. The van der Waals surface area contributed by atoms with Crippen molar-refractivity contribution in [3.8, 4) is 17.0 Å². The number of carbonyl (C=O) groups is 1. The lowest BCUT2D eigenvalue weighted by molar-refractivity contribution is 0.0601. The summed E-state index contributed by atoms with van der Waals surface area (Å²) in [5, 5.41) is 10.0. The number of phenolic OH excluding ortho intramolecular Hbond substituents is 1. The van der Waals surface area contributed by atoms with Gasteiger partial charge in [0.15, 0.2) is 0 Å². The Bertz CT molecular complexity index is 659. The number of aromatic nitrogens is 2. The smallest absolute Gasteiger partial charge is 0.337 e. The van der Waals surface area contributed by atoms with E-state index < -0.39 is 5.97 Å². The number of hydrogen-bond donors (Lipinski definition) is 1. The molecule has 0 fully saturated rings. The molecule has 20 heavy (non-hydrogen) atoms. The number of ether oxygens (including phenoxy) is 1. The van der Waals surface area contributed by atoms with Gasteiger partial charge in [-0.15, -0.1) is 0 Å². The van der Waals surface area contributed by atoms with Gasteiger partial charge in [-0.3, -0.25) is 0 Å². The number of rotatable bonds is 4. The van der Waals surface area contributed by atoms with Gasteiger partial charge in [-0.25, -0.2) is 9.78 Å². The Morgan fingerprint density at radius 2 is 2.25 bits per heavy atom. The van der Waals surface area contributed by atoms with E-state index in [1.165, 1.54) is 19.2 Å². The van der Waals surface area contributed by atoms with Crippen molar-refractivity contribution >= 4 is 5.97 Å². The minimum atomic E-state index is -0.447. The fourth-order valence-electron chi connectivity index (χ4n) is 1.95. The number of benzene rings is 1. The summed E-state index contributed by atoms with van der Waals surface area (Å²) in [6.07, 6.45) is 3.30. The Balaban J connectivity index is 2.49. The third-order valence-electron chi connectivity index (χ3n) is 2.85. The Hall–Kier alpha value is -2.56. The molecule has 0 bridgehead atoms. The monoisotopic (exact) mass is 272 g/mol. The first-order valence-corrected chi connectivity index (χ1v) is 6.09. The molecule has 0 aliphatic heterocycles. The van der Waals surface area contributed by atoms with Crippen LogP contribution >= 0.6 is 0 Å². The van der Waals surface area contributed by atoms with Crippen LogP contribution in [0.25, 0.3) is 11.3 Å². The van der Waals surface area contributed by atoms with E-state index >= 15 is 0 Å². The van der Waals surface area contributed by atoms with Crippen LogP contribution in [-0.2, 0) is 11.3 Å². The van der Waals surface area contributed by atoms with Crippen molar-refractivity contribution < 1.29 is 14.6 Å². The van der Waals surface area contributed by atoms with Crippen LogP contribution in [0, 0.1) is 0 Å². The summed E-state index contributed by atoms with van der Waals surface area (Å²) in [5.74, 6) is -0.363. The van der Waals surface area contributed by atoms with E-state index in [2.05, 4.69) is 16.3 Å². The zero-order valence-corrected chi connectivity index (χ0v) is 11.5. The molecule has 104 valence electrons. The molecule has 0 atom stereocenters. The zero-order chi connectivity index (χ0) is 14.7. The van der Waals surface area contributed by atoms with Crippen LogP contribution in [0.5, 0.6) is 5.75 Å². The summed E-state index contributed by atoms with van der Waals surface area (Å²) < 4.78 is 6.55. The molecular formula is C15H16N2O3. The van der Waals surface area contributed by atoms with Crippen molar-refractivity contribution in [1.29, 1.82) is 0 Å². The highest BCUT2D eigenvalue weighted by Gasteiger charge is 2.14. The van der Waals surface area contributed by atoms with Crippen molar-refractivity contribution in [2.24, 2.45) is 0 Å². The van der Waals surface area contributed by atoms with Gasteiger partial charge in [0.2, 0.25) is 0 Å². The summed E-state index contributed by atoms with van der Waals surface area (Å²) in [6, 6.07) is 4.58. The molecule has 5 heteroatoms. The molecule has 0 spiro atoms. The zero-order valence-electron chi connectivity index (χ0n) is 11.5. The van der Waals surface area contributed by atoms with Crippen molar-refractivity contribution in [2.75, 3.05) is 7.11 Å². The molecule has 0 radical (unpaired) electrons. The predicted molar refractivity (Wildman–Crippen MR) is 75.5 cm³/mol. The normalized spacial score (nSPS) is 10.3. The molecule has 0 saturated heterocycles. The molecule has 5 nitrogen and oxygen atoms in total. The van der Waals surface area contributed by atoms with E-state index in [1.54, 1.807) is 18.6 Å². The van der Waals surface area contributed by atoms with Crippen LogP contribution in [0.2, 0.25) is 0 Å². The second kappa shape index (κ2) is 5.61. The lowest BCUT2D eigenvalue weighted by atomic mass is 10.1. The average molecular weight is 272 g/mol. The number of aromatic hydroxyl groups is 1. The highest BCUT2D eigenvalue weighted by molar-refractivity contribution is 5.91. The molecule has 1 heterocycles. The van der Waals surface area contributed by atoms with E-state index in [4.69, 9.17) is 0 Å². The van der Waals surface area contributed by atoms with Crippen LogP contribution < -0.4 is 0 Å². The second-order valence-corrected chi connectivity index (χ2v) is 4.59. The topological polar surface area (TPSA) is 64.4 Å². The predicted octanol–water partition coefficient (Wildman–Crippen LogP) is 2.62. The van der Waals surface area contributed by atoms with Gasteiger partial charge in [0.05, 0.1) is 30.9 Å². The van der Waals surface area contributed by atoms with Gasteiger partial charge < -0.3 is 14.4 Å². The highest BCUT2D eigenvalue weighted by Crippen LogP contribution is 2.30. The average Bonchev–Trinajstić information content (AvgIpc) is 2.85. The van der Waals surface area contributed by atoms with Gasteiger partial charge in [-0.2, -0.15) is 0 Å². The minimum Gasteiger partial charge on any atom is -0.507 e. The number of phenols is 1. The maximum absolute atomic E-state index is 11.6. The molecule has 2 rings (SSSR count). The molecule has 1 aromatic heterocycles. The van der Waals surface area contributed by atoms with Gasteiger partial charge in [0.25, 0.3) is 0 Å². The summed E-state index contributed by atoms with van der Waals surface area (Å²) in [7, 11) is 1.32. The lowest BCUT2D eigenvalue weighted by Gasteiger charge is -2.10. The van der Waals surface area contributed by atoms with Gasteiger partial charge in [0, 0.05) is 12.1 Å². The summed E-state index contributed by atoms with van der Waals surface area (Å²) in [5.41, 5.74) is 2.60. The van der Waals surface area contributed by atoms with Crippen LogP contribution in [-0.4, -0.2) is 27.7 Å². The summed E-state index contributed by atoms with van der Waals surface area (Å²) in [4.78, 5) is 15.7. The number of allylic oxidation sites excluding steroid dienone is 1. The number of carbonyl (C=O) groups excluding carboxylic acids is 1. The van der Waals surface area contributed by atoms with Crippen LogP contribution in [0.15, 0.2) is 42.9 Å². The molecule has 2 aromatic rings. The van der Waals surface area contributed by atoms with Crippen molar-refractivity contribution in [1.82, 2.24) is 9.55 Å². The van der Waals surface area contributed by atoms with Crippen LogP contribution in [0.3, 0.4) is 0 Å². The molecule has 0 amide bonds. The quantitative estimate of drug-likeness (QED) is 0.686. The van der Waals surface area contributed by atoms with Gasteiger partial charge >= 0.3 is 5.97 Å². The van der Waals surface area contributed by atoms with Crippen molar-refractivity contribution in [3.63, 3.8) is 0 Å². The van der Waals surface area contributed by atoms with Gasteiger partial charge in [0.1, 0.15) is 5.75 Å². The maximum atomic E-state index is 11.6. The van der Waals surface area contributed by atoms with E-state index in [9.17, 15) is 9.90 Å². The molecule has 1 aromatic carbocycles. The van der Waals surface area contributed by atoms with Gasteiger partial charge in [-0.05, 0) is 25.1 Å². The van der Waals surface area contributed by atoms with E-state index in [0.29, 0.717) is 17.7 Å². The number of methoxy groups -OCH3 is 1. The Morgan fingerprint density at radius 1 is 1.50 bits per heavy atom. The largest absolute Gasteiger partial charge is 0.507 e. The standard InChI is InChI=1S/C15H16N2O3/c1-10(2)8-17-9-16-7-13(17)12-6-11(15(19)20-3)4-5-14(12)18/h4-7,9,18H,1,8H2,2-3H3. The number of imidazole rings is 1. The Morgan fingerprint density at radius 3 is 2.90 bits per heavy atom. The third kappa shape index (κ3) is 2.71.